The van der Waals surface area contributed by atoms with Crippen LogP contribution in [0, 0.1) is 5.41 Å². The topological polar surface area (TPSA) is 116 Å². The number of hydrogen-bond donors (Lipinski definition) is 2. The van der Waals surface area contributed by atoms with Gasteiger partial charge in [0.2, 0.25) is 0 Å². The van der Waals surface area contributed by atoms with E-state index in [9.17, 15) is 24.9 Å². The second-order valence-electron chi connectivity index (χ2n) is 8.92. The first-order chi connectivity index (χ1) is 16.0. The van der Waals surface area contributed by atoms with E-state index in [2.05, 4.69) is 0 Å². The summed E-state index contributed by atoms with van der Waals surface area (Å²) in [5.41, 5.74) is 0.472. The summed E-state index contributed by atoms with van der Waals surface area (Å²) in [7, 11) is 0. The normalized spacial score (nSPS) is 11.9. The molecule has 0 bridgehead atoms. The maximum absolute atomic E-state index is 11.7. The number of carbonyl (C=O) groups excluding carboxylic acids is 2. The number of benzene rings is 2. The van der Waals surface area contributed by atoms with Crippen LogP contribution >= 0.6 is 11.6 Å². The summed E-state index contributed by atoms with van der Waals surface area (Å²) in [5, 5.41) is 32.2. The predicted molar refractivity (Wildman–Crippen MR) is 128 cm³/mol. The molecule has 0 aliphatic rings. The molecule has 1 unspecified atom stereocenters. The maximum atomic E-state index is 11.7. The number of aliphatic carboxylic acids is 1. The van der Waals surface area contributed by atoms with Gasteiger partial charge in [0.05, 0.1) is 29.9 Å². The zero-order valence-electron chi connectivity index (χ0n) is 21.0. The smallest absolute Gasteiger partial charge is 0.550 e. The van der Waals surface area contributed by atoms with Gasteiger partial charge in [0.1, 0.15) is 17.2 Å². The second kappa shape index (κ2) is 14.1. The number of ketones is 1. The maximum Gasteiger partial charge on any atom is 1.00 e. The average molecular weight is 515 g/mol. The van der Waals surface area contributed by atoms with Gasteiger partial charge < -0.3 is 29.6 Å². The molecule has 2 rings (SSSR count). The van der Waals surface area contributed by atoms with E-state index in [0.29, 0.717) is 53.7 Å². The first-order valence-electron chi connectivity index (χ1n) is 11.3. The Morgan fingerprint density at radius 1 is 1.11 bits per heavy atom. The third-order valence-electron chi connectivity index (χ3n) is 5.53. The number of carboxylic acid groups (broad SMARTS) is 1. The molecule has 0 heterocycles. The van der Waals surface area contributed by atoms with Gasteiger partial charge in [-0.3, -0.25) is 4.79 Å². The van der Waals surface area contributed by atoms with E-state index < -0.39 is 17.5 Å². The monoisotopic (exact) mass is 514 g/mol. The summed E-state index contributed by atoms with van der Waals surface area (Å²) >= 11 is 6.30. The first kappa shape index (κ1) is 31.3. The molecule has 2 N–H and O–H groups in total. The Hall–Kier alpha value is -1.77. The van der Waals surface area contributed by atoms with Crippen LogP contribution in [0.25, 0.3) is 0 Å². The van der Waals surface area contributed by atoms with Crippen LogP contribution in [-0.2, 0) is 11.2 Å². The van der Waals surface area contributed by atoms with Crippen molar-refractivity contribution in [2.24, 2.45) is 5.41 Å². The summed E-state index contributed by atoms with van der Waals surface area (Å²) < 4.78 is 11.5. The van der Waals surface area contributed by atoms with Crippen molar-refractivity contribution in [1.29, 1.82) is 0 Å². The molecule has 0 aliphatic carbocycles. The second-order valence-corrected chi connectivity index (χ2v) is 9.33. The number of hydrogen-bond acceptors (Lipinski definition) is 7. The summed E-state index contributed by atoms with van der Waals surface area (Å²) in [6.45, 7) is 7.33. The van der Waals surface area contributed by atoms with E-state index in [4.69, 9.17) is 21.1 Å². The summed E-state index contributed by atoms with van der Waals surface area (Å²) in [4.78, 5) is 22.6. The third kappa shape index (κ3) is 8.69. The fourth-order valence-corrected chi connectivity index (χ4v) is 3.92. The van der Waals surface area contributed by atoms with Crippen LogP contribution in [0.4, 0.5) is 0 Å². The Labute approximate surface area is 233 Å². The Kier molecular flexibility index (Phi) is 12.6. The van der Waals surface area contributed by atoms with Crippen LogP contribution in [0.15, 0.2) is 30.3 Å². The Bertz CT molecular complexity index is 1020. The average Bonchev–Trinajstić information content (AvgIpc) is 2.75. The first-order valence-corrected chi connectivity index (χ1v) is 11.6. The van der Waals surface area contributed by atoms with Gasteiger partial charge >= 0.3 is 29.6 Å². The summed E-state index contributed by atoms with van der Waals surface area (Å²) in [6, 6.07) is 8.10. The fourth-order valence-electron chi connectivity index (χ4n) is 3.68. The van der Waals surface area contributed by atoms with Crippen molar-refractivity contribution in [3.05, 3.63) is 52.0 Å². The van der Waals surface area contributed by atoms with Gasteiger partial charge in [-0.1, -0.05) is 44.9 Å². The van der Waals surface area contributed by atoms with Crippen molar-refractivity contribution < 1.29 is 63.9 Å². The molecule has 0 aromatic heterocycles. The molecule has 1 atom stereocenters. The molecule has 0 spiro atoms. The number of rotatable bonds is 13. The van der Waals surface area contributed by atoms with Crippen molar-refractivity contribution in [3.8, 4) is 17.2 Å². The van der Waals surface area contributed by atoms with Crippen molar-refractivity contribution >= 4 is 23.4 Å². The summed E-state index contributed by atoms with van der Waals surface area (Å²) in [5.74, 6) is -0.484. The molecular formula is C26H32ClNaO7. The minimum atomic E-state index is -1.23. The molecule has 35 heavy (non-hydrogen) atoms. The van der Waals surface area contributed by atoms with E-state index in [1.807, 2.05) is 6.92 Å². The van der Waals surface area contributed by atoms with Crippen LogP contribution in [0.2, 0.25) is 5.02 Å². The fraction of sp³-hybridized carbons (Fsp3) is 0.462. The molecule has 0 saturated carbocycles. The number of carboxylic acids is 1. The van der Waals surface area contributed by atoms with Crippen molar-refractivity contribution in [3.63, 3.8) is 0 Å². The largest absolute Gasteiger partial charge is 1.00 e. The molecule has 2 aromatic rings. The molecule has 0 amide bonds. The number of aromatic hydroxyl groups is 1. The van der Waals surface area contributed by atoms with Crippen LogP contribution in [-0.4, -0.2) is 35.2 Å². The molecule has 7 nitrogen and oxygen atoms in total. The van der Waals surface area contributed by atoms with Crippen molar-refractivity contribution in [1.82, 2.24) is 0 Å². The van der Waals surface area contributed by atoms with E-state index in [-0.39, 0.29) is 53.1 Å². The molecule has 0 radical (unpaired) electrons. The van der Waals surface area contributed by atoms with Crippen LogP contribution in [0.3, 0.4) is 0 Å². The Morgan fingerprint density at radius 3 is 2.26 bits per heavy atom. The number of phenols is 1. The summed E-state index contributed by atoms with van der Waals surface area (Å²) in [6.07, 6.45) is 0.599. The minimum Gasteiger partial charge on any atom is -0.550 e. The molecule has 9 heteroatoms. The SMILES string of the molecule is CCCc1c(OCCCOc2ccc(C(O)C(C)(C)CC(=O)[O-])cc2Cl)ccc(C(C)=O)c1O.[Na+]. The number of phenolic OH excluding ortho intramolecular Hbond substituents is 1. The zero-order chi connectivity index (χ0) is 25.5. The van der Waals surface area contributed by atoms with Gasteiger partial charge in [0, 0.05) is 23.4 Å². The molecule has 0 aliphatic heterocycles. The quantitative estimate of drug-likeness (QED) is 0.235. The molecule has 0 saturated heterocycles. The van der Waals surface area contributed by atoms with Crippen LogP contribution in [0.5, 0.6) is 17.2 Å². The molecule has 0 fully saturated rings. The number of carbonyl (C=O) groups is 2. The van der Waals surface area contributed by atoms with E-state index in [0.717, 1.165) is 6.42 Å². The Balaban J connectivity index is 0.00000612. The molecular weight excluding hydrogens is 483 g/mol. The van der Waals surface area contributed by atoms with Crippen molar-refractivity contribution in [2.45, 2.75) is 59.5 Å². The van der Waals surface area contributed by atoms with Gasteiger partial charge in [-0.2, -0.15) is 0 Å². The zero-order valence-corrected chi connectivity index (χ0v) is 23.8. The number of aliphatic hydroxyl groups excluding tert-OH is 1. The predicted octanol–water partition coefficient (Wildman–Crippen LogP) is 1.25. The molecule has 2 aromatic carbocycles. The number of Topliss-reactive ketones (excluding diaryl/α,β-unsaturated/α-hetero) is 1. The van der Waals surface area contributed by atoms with E-state index in [1.165, 1.54) is 6.92 Å². The number of halogens is 1. The number of ether oxygens (including phenoxy) is 2. The third-order valence-corrected chi connectivity index (χ3v) is 5.83. The van der Waals surface area contributed by atoms with Crippen LogP contribution in [0.1, 0.15) is 74.5 Å². The van der Waals surface area contributed by atoms with Gasteiger partial charge in [-0.15, -0.1) is 0 Å². The minimum absolute atomic E-state index is 0. The standard InChI is InChI=1S/C26H33ClO7.Na/c1-5-7-19-21(11-9-18(16(2)28)24(19)31)33-12-6-13-34-22-10-8-17(14-20(22)27)25(32)26(3,4)15-23(29)30;/h8-11,14,25,31-32H,5-7,12-13,15H2,1-4H3,(H,29,30);/q;+1/p-1. The van der Waals surface area contributed by atoms with Gasteiger partial charge in [-0.05, 0) is 49.6 Å². The Morgan fingerprint density at radius 2 is 1.71 bits per heavy atom. The number of aliphatic hydroxyl groups is 1. The van der Waals surface area contributed by atoms with Crippen LogP contribution < -0.4 is 44.1 Å². The van der Waals surface area contributed by atoms with Gasteiger partial charge in [0.25, 0.3) is 0 Å². The van der Waals surface area contributed by atoms with E-state index in [1.54, 1.807) is 44.2 Å². The van der Waals surface area contributed by atoms with Gasteiger partial charge in [0.15, 0.2) is 5.78 Å². The van der Waals surface area contributed by atoms with E-state index >= 15 is 0 Å². The van der Waals surface area contributed by atoms with Gasteiger partial charge in [-0.25, -0.2) is 0 Å². The molecule has 186 valence electrons. The van der Waals surface area contributed by atoms with Crippen molar-refractivity contribution in [2.75, 3.05) is 13.2 Å².